The lowest BCUT2D eigenvalue weighted by atomic mass is 9.75. The molecule has 2 aromatic heterocycles. The summed E-state index contributed by atoms with van der Waals surface area (Å²) in [5.41, 5.74) is 8.27. The number of aromatic nitrogens is 3. The summed E-state index contributed by atoms with van der Waals surface area (Å²) >= 11 is 0. The predicted molar refractivity (Wildman–Crippen MR) is 201 cm³/mol. The Morgan fingerprint density at radius 2 is 1.57 bits per heavy atom. The molecule has 254 valence electrons. The summed E-state index contributed by atoms with van der Waals surface area (Å²) in [4.78, 5) is 0. The van der Waals surface area contributed by atoms with Crippen molar-refractivity contribution in [3.63, 3.8) is 0 Å². The third kappa shape index (κ3) is 9.13. The molecule has 0 bridgehead atoms. The number of ether oxygens (including phenoxy) is 3. The number of nitrogens with zero attached hydrogens (tertiary/aromatic N) is 3. The molecule has 0 fully saturated rings. The molecule has 0 aliphatic heterocycles. The highest BCUT2D eigenvalue weighted by Crippen LogP contribution is 2.42. The van der Waals surface area contributed by atoms with Crippen molar-refractivity contribution in [2.75, 3.05) is 81.2 Å². The molecule has 1 atom stereocenters. The molecule has 0 saturated carbocycles. The van der Waals surface area contributed by atoms with E-state index < -0.39 is 20.1 Å². The van der Waals surface area contributed by atoms with E-state index in [2.05, 4.69) is 114 Å². The molecule has 2 aromatic carbocycles. The second-order valence-corrected chi connectivity index (χ2v) is 24.1. The van der Waals surface area contributed by atoms with Gasteiger partial charge in [-0.1, -0.05) is 43.3 Å². The highest BCUT2D eigenvalue weighted by molar-refractivity contribution is 8.32. The number of fused-ring (bicyclic) bond motifs is 2. The Hall–Kier alpha value is -2.43. The van der Waals surface area contributed by atoms with Gasteiger partial charge in [0, 0.05) is 40.9 Å². The summed E-state index contributed by atoms with van der Waals surface area (Å²) in [6.07, 6.45) is 17.0. The van der Waals surface area contributed by atoms with Gasteiger partial charge in [0.2, 0.25) is 0 Å². The van der Waals surface area contributed by atoms with Gasteiger partial charge < -0.3 is 24.1 Å². The molecule has 0 amide bonds. The van der Waals surface area contributed by atoms with Crippen LogP contribution in [0.5, 0.6) is 0 Å². The predicted octanol–water partition coefficient (Wildman–Crippen LogP) is 7.59. The topological polar surface area (TPSA) is 62.5 Å². The van der Waals surface area contributed by atoms with E-state index in [0.29, 0.717) is 26.7 Å². The second-order valence-electron chi connectivity index (χ2n) is 14.9. The van der Waals surface area contributed by atoms with Crippen LogP contribution in [-0.2, 0) is 47.1 Å². The Bertz CT molecular complexity index is 1590. The average molecular weight is 669 g/mol. The molecule has 1 aliphatic rings. The number of hydrogen-bond acceptors (Lipinski definition) is 5. The number of anilines is 1. The summed E-state index contributed by atoms with van der Waals surface area (Å²) in [5, 5.41) is 9.84. The summed E-state index contributed by atoms with van der Waals surface area (Å²) in [6, 6.07) is 19.3. The van der Waals surface area contributed by atoms with Crippen molar-refractivity contribution < 1.29 is 14.2 Å². The van der Waals surface area contributed by atoms with Gasteiger partial charge in [0.25, 0.3) is 0 Å². The van der Waals surface area contributed by atoms with E-state index in [4.69, 9.17) is 19.3 Å². The van der Waals surface area contributed by atoms with Gasteiger partial charge in [-0.3, -0.25) is 0 Å². The van der Waals surface area contributed by atoms with Gasteiger partial charge in [-0.15, -0.1) is 0 Å². The molecule has 46 heavy (non-hydrogen) atoms. The standard InChI is InChI=1S/C37H56N4O3S2/c1-37(26-44-25-29-12-10-9-11-13-29)17-16-32-35(24-37)41(28-43-19-21-46(6,7)8)39-36(32)34-22-30-14-15-31(38-2)23-33(30)40(34)27-42-18-20-45(3,4)5/h9-15,22-23,38H,16-21,24-28H2,1-8H3. The van der Waals surface area contributed by atoms with Crippen LogP contribution in [0.3, 0.4) is 0 Å². The van der Waals surface area contributed by atoms with Crippen molar-refractivity contribution in [1.29, 1.82) is 0 Å². The monoisotopic (exact) mass is 668 g/mol. The van der Waals surface area contributed by atoms with Crippen LogP contribution in [0.25, 0.3) is 22.3 Å². The van der Waals surface area contributed by atoms with E-state index in [9.17, 15) is 0 Å². The quantitative estimate of drug-likeness (QED) is 0.125. The van der Waals surface area contributed by atoms with Gasteiger partial charge in [-0.05, 0) is 86.0 Å². The summed E-state index contributed by atoms with van der Waals surface area (Å²) in [5.74, 6) is 2.18. The highest BCUT2D eigenvalue weighted by Gasteiger charge is 2.36. The maximum atomic E-state index is 6.36. The number of nitrogens with one attached hydrogen (secondary N) is 1. The smallest absolute Gasteiger partial charge is 0.139 e. The van der Waals surface area contributed by atoms with Gasteiger partial charge >= 0.3 is 0 Å². The maximum Gasteiger partial charge on any atom is 0.139 e. The first-order valence-electron chi connectivity index (χ1n) is 16.3. The minimum Gasteiger partial charge on any atom is -0.388 e. The largest absolute Gasteiger partial charge is 0.388 e. The van der Waals surface area contributed by atoms with Crippen LogP contribution >= 0.6 is 20.1 Å². The minimum atomic E-state index is -0.626. The highest BCUT2D eigenvalue weighted by atomic mass is 32.3. The van der Waals surface area contributed by atoms with Crippen molar-refractivity contribution in [3.05, 3.63) is 71.4 Å². The van der Waals surface area contributed by atoms with E-state index in [0.717, 1.165) is 66.6 Å². The van der Waals surface area contributed by atoms with E-state index in [1.165, 1.54) is 22.2 Å². The van der Waals surface area contributed by atoms with Crippen LogP contribution in [-0.4, -0.2) is 90.3 Å². The summed E-state index contributed by atoms with van der Waals surface area (Å²) in [7, 11) is 0.719. The van der Waals surface area contributed by atoms with Crippen molar-refractivity contribution in [3.8, 4) is 11.4 Å². The van der Waals surface area contributed by atoms with Crippen molar-refractivity contribution >= 4 is 36.6 Å². The average Bonchev–Trinajstić information content (AvgIpc) is 3.53. The lowest BCUT2D eigenvalue weighted by Crippen LogP contribution is -2.32. The Kier molecular flexibility index (Phi) is 11.2. The number of benzene rings is 2. The molecule has 0 radical (unpaired) electrons. The molecule has 9 heteroatoms. The lowest BCUT2D eigenvalue weighted by molar-refractivity contribution is 0.0306. The van der Waals surface area contributed by atoms with Crippen molar-refractivity contribution in [2.45, 2.75) is 46.3 Å². The molecule has 1 N–H and O–H groups in total. The van der Waals surface area contributed by atoms with Crippen LogP contribution in [0, 0.1) is 5.41 Å². The maximum absolute atomic E-state index is 6.36. The molecular formula is C37H56N4O3S2. The molecule has 1 aliphatic carbocycles. The third-order valence-corrected chi connectivity index (χ3v) is 11.6. The van der Waals surface area contributed by atoms with Crippen LogP contribution in [0.2, 0.25) is 0 Å². The zero-order chi connectivity index (χ0) is 33.0. The van der Waals surface area contributed by atoms with Crippen LogP contribution < -0.4 is 5.32 Å². The Balaban J connectivity index is 1.46. The first-order chi connectivity index (χ1) is 21.8. The molecule has 2 heterocycles. The zero-order valence-electron chi connectivity index (χ0n) is 29.4. The van der Waals surface area contributed by atoms with Gasteiger partial charge in [0.1, 0.15) is 19.2 Å². The lowest BCUT2D eigenvalue weighted by Gasteiger charge is -2.34. The Labute approximate surface area is 280 Å². The van der Waals surface area contributed by atoms with Crippen LogP contribution in [0.4, 0.5) is 5.69 Å². The van der Waals surface area contributed by atoms with E-state index >= 15 is 0 Å². The Morgan fingerprint density at radius 3 is 2.24 bits per heavy atom. The summed E-state index contributed by atoms with van der Waals surface area (Å²) in [6.45, 7) is 6.18. The van der Waals surface area contributed by atoms with Crippen molar-refractivity contribution in [2.24, 2.45) is 5.41 Å². The minimum absolute atomic E-state index is 0.0270. The van der Waals surface area contributed by atoms with Gasteiger partial charge in [0.15, 0.2) is 0 Å². The van der Waals surface area contributed by atoms with Gasteiger partial charge in [-0.25, -0.2) is 24.7 Å². The molecule has 5 rings (SSSR count). The third-order valence-electron chi connectivity index (χ3n) is 8.85. The molecule has 7 nitrogen and oxygen atoms in total. The van der Waals surface area contributed by atoms with Gasteiger partial charge in [0.05, 0.1) is 37.6 Å². The zero-order valence-corrected chi connectivity index (χ0v) is 31.0. The molecule has 1 unspecified atom stereocenters. The van der Waals surface area contributed by atoms with E-state index in [1.807, 2.05) is 7.05 Å². The second kappa shape index (κ2) is 14.8. The molecular weight excluding hydrogens is 613 g/mol. The fourth-order valence-electron chi connectivity index (χ4n) is 6.01. The number of hydrogen-bond donors (Lipinski definition) is 1. The fraction of sp³-hybridized carbons (Fsp3) is 0.541. The molecule has 4 aromatic rings. The normalized spacial score (nSPS) is 17.7. The van der Waals surface area contributed by atoms with Crippen molar-refractivity contribution in [1.82, 2.24) is 14.3 Å². The van der Waals surface area contributed by atoms with E-state index in [1.54, 1.807) is 0 Å². The van der Waals surface area contributed by atoms with Crippen LogP contribution in [0.15, 0.2) is 54.6 Å². The van der Waals surface area contributed by atoms with Crippen LogP contribution in [0.1, 0.15) is 30.2 Å². The molecule has 0 spiro atoms. The summed E-state index contributed by atoms with van der Waals surface area (Å²) < 4.78 is 23.4. The first-order valence-corrected chi connectivity index (χ1v) is 22.4. The SMILES string of the molecule is CNc1ccc2cc(-c3nn(COCCS(C)(C)C)c4c3CCC(C)(COCc3ccccc3)C4)n(COCCS(C)(C)C)c2c1. The Morgan fingerprint density at radius 1 is 0.870 bits per heavy atom. The van der Waals surface area contributed by atoms with Gasteiger partial charge in [-0.2, -0.15) is 5.10 Å². The number of rotatable bonds is 16. The molecule has 0 saturated heterocycles. The fourth-order valence-corrected chi connectivity index (χ4v) is 7.24. The first kappa shape index (κ1) is 34.9. The van der Waals surface area contributed by atoms with E-state index in [-0.39, 0.29) is 5.41 Å².